The maximum absolute atomic E-state index is 13.3. The van der Waals surface area contributed by atoms with Crippen LogP contribution in [0.4, 0.5) is 5.69 Å². The molecular weight excluding hydrogens is 502 g/mol. The van der Waals surface area contributed by atoms with Crippen LogP contribution in [0.5, 0.6) is 17.2 Å². The fourth-order valence-corrected chi connectivity index (χ4v) is 5.23. The summed E-state index contributed by atoms with van der Waals surface area (Å²) >= 11 is 6.83. The van der Waals surface area contributed by atoms with E-state index >= 15 is 0 Å². The number of nitrogens with zero attached hydrogens (tertiary/aromatic N) is 1. The van der Waals surface area contributed by atoms with Crippen molar-refractivity contribution in [2.45, 2.75) is 26.9 Å². The average molecular weight is 532 g/mol. The average Bonchev–Trinajstić information content (AvgIpc) is 3.17. The molecule has 1 saturated heterocycles. The molecule has 7 heteroatoms. The monoisotopic (exact) mass is 531 g/mol. The minimum Gasteiger partial charge on any atom is -0.494 e. The van der Waals surface area contributed by atoms with E-state index in [4.69, 9.17) is 26.4 Å². The van der Waals surface area contributed by atoms with Gasteiger partial charge >= 0.3 is 0 Å². The molecule has 1 fully saturated rings. The Labute approximate surface area is 227 Å². The van der Waals surface area contributed by atoms with Gasteiger partial charge in [-0.25, -0.2) is 0 Å². The number of rotatable bonds is 11. The normalized spacial score (nSPS) is 14.2. The highest BCUT2D eigenvalue weighted by Gasteiger charge is 2.33. The second-order valence-corrected chi connectivity index (χ2v) is 9.83. The highest BCUT2D eigenvalue weighted by Crippen LogP contribution is 2.39. The summed E-state index contributed by atoms with van der Waals surface area (Å²) in [6, 6.07) is 21.3. The summed E-state index contributed by atoms with van der Waals surface area (Å²) < 4.78 is 18.2. The van der Waals surface area contributed by atoms with Crippen LogP contribution in [0.15, 0.2) is 84.3 Å². The van der Waals surface area contributed by atoms with Gasteiger partial charge < -0.3 is 14.2 Å². The number of thiocarbonyl (C=S) groups is 1. The molecule has 0 aliphatic carbocycles. The number of anilines is 1. The third kappa shape index (κ3) is 6.42. The SMILES string of the molecule is C=CCc1cc(/C=C2\SC(=S)N(c3ccc(OCC)cc3)C2=O)cc(OCC)c1OCc1ccccc1. The number of hydrogen-bond donors (Lipinski definition) is 0. The highest BCUT2D eigenvalue weighted by atomic mass is 32.2. The molecule has 1 aliphatic heterocycles. The molecule has 0 atom stereocenters. The Balaban J connectivity index is 1.63. The van der Waals surface area contributed by atoms with Gasteiger partial charge in [0, 0.05) is 5.56 Å². The number of thioether (sulfide) groups is 1. The predicted octanol–water partition coefficient (Wildman–Crippen LogP) is 7.20. The van der Waals surface area contributed by atoms with Crippen LogP contribution < -0.4 is 19.1 Å². The van der Waals surface area contributed by atoms with Crippen LogP contribution in [-0.2, 0) is 17.8 Å². The predicted molar refractivity (Wildman–Crippen MR) is 156 cm³/mol. The van der Waals surface area contributed by atoms with Crippen LogP contribution in [0, 0.1) is 0 Å². The van der Waals surface area contributed by atoms with Gasteiger partial charge in [-0.3, -0.25) is 9.69 Å². The van der Waals surface area contributed by atoms with E-state index < -0.39 is 0 Å². The molecule has 0 bridgehead atoms. The Hall–Kier alpha value is -3.55. The van der Waals surface area contributed by atoms with Crippen molar-refractivity contribution in [1.29, 1.82) is 0 Å². The second-order valence-electron chi connectivity index (χ2n) is 8.15. The molecule has 190 valence electrons. The maximum atomic E-state index is 13.3. The number of benzene rings is 3. The number of carbonyl (C=O) groups is 1. The van der Waals surface area contributed by atoms with Crippen molar-refractivity contribution >= 4 is 46.0 Å². The molecule has 0 aromatic heterocycles. The number of allylic oxidation sites excluding steroid dienone is 1. The standard InChI is InChI=1S/C30H29NO4S2/c1-4-10-23-17-22(18-26(34-6-3)28(23)35-20-21-11-8-7-9-12-21)19-27-29(32)31(30(36)37-27)24-13-15-25(16-14-24)33-5-2/h4,7-9,11-19H,1,5-6,10,20H2,2-3H3/b27-19-. The van der Waals surface area contributed by atoms with E-state index in [-0.39, 0.29) is 5.91 Å². The Kier molecular flexibility index (Phi) is 9.04. The van der Waals surface area contributed by atoms with E-state index in [1.807, 2.05) is 92.7 Å². The van der Waals surface area contributed by atoms with Gasteiger partial charge in [0.25, 0.3) is 5.91 Å². The lowest BCUT2D eigenvalue weighted by Crippen LogP contribution is -2.27. The molecule has 0 unspecified atom stereocenters. The van der Waals surface area contributed by atoms with Crippen molar-refractivity contribution in [2.24, 2.45) is 0 Å². The topological polar surface area (TPSA) is 48.0 Å². The first-order valence-electron chi connectivity index (χ1n) is 12.1. The van der Waals surface area contributed by atoms with Crippen molar-refractivity contribution in [3.63, 3.8) is 0 Å². The van der Waals surface area contributed by atoms with Crippen LogP contribution in [0.2, 0.25) is 0 Å². The van der Waals surface area contributed by atoms with Crippen molar-refractivity contribution in [2.75, 3.05) is 18.1 Å². The van der Waals surface area contributed by atoms with Crippen molar-refractivity contribution in [3.05, 3.63) is 101 Å². The quantitative estimate of drug-likeness (QED) is 0.148. The van der Waals surface area contributed by atoms with Crippen LogP contribution in [0.3, 0.4) is 0 Å². The summed E-state index contributed by atoms with van der Waals surface area (Å²) in [5.41, 5.74) is 3.54. The van der Waals surface area contributed by atoms with Gasteiger partial charge in [0.2, 0.25) is 0 Å². The Morgan fingerprint density at radius 3 is 2.38 bits per heavy atom. The summed E-state index contributed by atoms with van der Waals surface area (Å²) in [4.78, 5) is 15.4. The van der Waals surface area contributed by atoms with E-state index in [1.165, 1.54) is 11.8 Å². The minimum atomic E-state index is -0.160. The Morgan fingerprint density at radius 2 is 1.70 bits per heavy atom. The van der Waals surface area contributed by atoms with Gasteiger partial charge in [-0.1, -0.05) is 60.4 Å². The Morgan fingerprint density at radius 1 is 0.973 bits per heavy atom. The molecule has 3 aromatic carbocycles. The minimum absolute atomic E-state index is 0.160. The van der Waals surface area contributed by atoms with E-state index in [0.717, 1.165) is 22.4 Å². The van der Waals surface area contributed by atoms with Crippen molar-refractivity contribution < 1.29 is 19.0 Å². The zero-order valence-electron chi connectivity index (χ0n) is 20.9. The summed E-state index contributed by atoms with van der Waals surface area (Å²) in [6.07, 6.45) is 4.28. The largest absolute Gasteiger partial charge is 0.494 e. The summed E-state index contributed by atoms with van der Waals surface area (Å²) in [6.45, 7) is 9.26. The third-order valence-electron chi connectivity index (χ3n) is 5.54. The van der Waals surface area contributed by atoms with Crippen LogP contribution >= 0.6 is 24.0 Å². The third-order valence-corrected chi connectivity index (χ3v) is 6.84. The molecule has 0 N–H and O–H groups in total. The number of amides is 1. The first kappa shape index (κ1) is 26.5. The molecule has 37 heavy (non-hydrogen) atoms. The van der Waals surface area contributed by atoms with E-state index in [9.17, 15) is 4.79 Å². The van der Waals surface area contributed by atoms with Crippen LogP contribution in [0.25, 0.3) is 6.08 Å². The first-order chi connectivity index (χ1) is 18.0. The van der Waals surface area contributed by atoms with E-state index in [0.29, 0.717) is 52.7 Å². The number of carbonyl (C=O) groups excluding carboxylic acids is 1. The maximum Gasteiger partial charge on any atom is 0.270 e. The molecular formula is C30H29NO4S2. The van der Waals surface area contributed by atoms with Crippen molar-refractivity contribution in [1.82, 2.24) is 0 Å². The fraction of sp³-hybridized carbons (Fsp3) is 0.200. The van der Waals surface area contributed by atoms with Crippen LogP contribution in [0.1, 0.15) is 30.5 Å². The lowest BCUT2D eigenvalue weighted by Gasteiger charge is -2.17. The van der Waals surface area contributed by atoms with Gasteiger partial charge in [-0.2, -0.15) is 0 Å². The smallest absolute Gasteiger partial charge is 0.270 e. The fourth-order valence-electron chi connectivity index (χ4n) is 3.93. The molecule has 1 heterocycles. The van der Waals surface area contributed by atoms with Gasteiger partial charge in [0.1, 0.15) is 12.4 Å². The summed E-state index contributed by atoms with van der Waals surface area (Å²) in [5, 5.41) is 0. The van der Waals surface area contributed by atoms with E-state index in [1.54, 1.807) is 4.90 Å². The number of ether oxygens (including phenoxy) is 3. The van der Waals surface area contributed by atoms with Crippen LogP contribution in [-0.4, -0.2) is 23.4 Å². The van der Waals surface area contributed by atoms with Gasteiger partial charge in [-0.05, 0) is 73.9 Å². The molecule has 3 aromatic rings. The molecule has 5 nitrogen and oxygen atoms in total. The van der Waals surface area contributed by atoms with Gasteiger partial charge in [0.05, 0.1) is 23.8 Å². The zero-order chi connectivity index (χ0) is 26.2. The Bertz CT molecular complexity index is 1300. The van der Waals surface area contributed by atoms with Crippen molar-refractivity contribution in [3.8, 4) is 17.2 Å². The molecule has 4 rings (SSSR count). The first-order valence-corrected chi connectivity index (χ1v) is 13.3. The molecule has 1 aliphatic rings. The van der Waals surface area contributed by atoms with Gasteiger partial charge in [-0.15, -0.1) is 6.58 Å². The lowest BCUT2D eigenvalue weighted by atomic mass is 10.0. The molecule has 1 amide bonds. The van der Waals surface area contributed by atoms with E-state index in [2.05, 4.69) is 6.58 Å². The second kappa shape index (κ2) is 12.6. The molecule has 0 saturated carbocycles. The summed E-state index contributed by atoms with van der Waals surface area (Å²) in [5.74, 6) is 1.91. The van der Waals surface area contributed by atoms with Gasteiger partial charge in [0.15, 0.2) is 15.8 Å². The zero-order valence-corrected chi connectivity index (χ0v) is 22.6. The lowest BCUT2D eigenvalue weighted by molar-refractivity contribution is -0.113. The number of hydrogen-bond acceptors (Lipinski definition) is 6. The summed E-state index contributed by atoms with van der Waals surface area (Å²) in [7, 11) is 0. The molecule has 0 radical (unpaired) electrons. The highest BCUT2D eigenvalue weighted by molar-refractivity contribution is 8.27. The molecule has 0 spiro atoms.